The molecule has 2 rings (SSSR count). The Morgan fingerprint density at radius 3 is 2.30 bits per heavy atom. The van der Waals surface area contributed by atoms with Gasteiger partial charge in [0.2, 0.25) is 0 Å². The van der Waals surface area contributed by atoms with Crippen molar-refractivity contribution in [3.8, 4) is 0 Å². The highest BCUT2D eigenvalue weighted by molar-refractivity contribution is 5.67. The van der Waals surface area contributed by atoms with Crippen LogP contribution in [0.25, 0.3) is 0 Å². The molecule has 2 aromatic rings. The molecule has 0 atom stereocenters. The molecule has 3 nitrogen and oxygen atoms in total. The summed E-state index contributed by atoms with van der Waals surface area (Å²) in [4.78, 5) is 6.64. The number of aryl methyl sites for hydroxylation is 3. The minimum absolute atomic E-state index is 0.817. The summed E-state index contributed by atoms with van der Waals surface area (Å²) in [5, 5.41) is 3.21. The van der Waals surface area contributed by atoms with E-state index in [0.29, 0.717) is 0 Å². The zero-order chi connectivity index (χ0) is 14.7. The number of anilines is 2. The molecule has 0 aliphatic heterocycles. The number of rotatable bonds is 4. The van der Waals surface area contributed by atoms with Gasteiger partial charge in [0.1, 0.15) is 0 Å². The van der Waals surface area contributed by atoms with Gasteiger partial charge in [0.05, 0.1) is 0 Å². The summed E-state index contributed by atoms with van der Waals surface area (Å²) in [6.07, 6.45) is 1.96. The van der Waals surface area contributed by atoms with Crippen LogP contribution in [0.4, 0.5) is 11.4 Å². The maximum atomic E-state index is 4.40. The summed E-state index contributed by atoms with van der Waals surface area (Å²) >= 11 is 0. The molecule has 106 valence electrons. The third-order valence-electron chi connectivity index (χ3n) is 3.42. The number of hydrogen-bond donors (Lipinski definition) is 1. The highest BCUT2D eigenvalue weighted by Crippen LogP contribution is 2.28. The maximum absolute atomic E-state index is 4.40. The van der Waals surface area contributed by atoms with Gasteiger partial charge in [0.25, 0.3) is 0 Å². The first-order chi connectivity index (χ1) is 9.51. The second kappa shape index (κ2) is 6.06. The summed E-state index contributed by atoms with van der Waals surface area (Å²) < 4.78 is 0. The number of pyridine rings is 1. The zero-order valence-corrected chi connectivity index (χ0v) is 13.0. The van der Waals surface area contributed by atoms with E-state index in [1.165, 1.54) is 28.1 Å². The first kappa shape index (κ1) is 14.5. The summed E-state index contributed by atoms with van der Waals surface area (Å²) in [7, 11) is 4.07. The normalized spacial score (nSPS) is 10.7. The van der Waals surface area contributed by atoms with Gasteiger partial charge in [-0.2, -0.15) is 0 Å². The third-order valence-corrected chi connectivity index (χ3v) is 3.42. The van der Waals surface area contributed by atoms with Crippen LogP contribution in [0.15, 0.2) is 30.5 Å². The fraction of sp³-hybridized carbons (Fsp3) is 0.353. The number of benzene rings is 1. The summed E-state index contributed by atoms with van der Waals surface area (Å²) in [6, 6.07) is 8.77. The Bertz CT molecular complexity index is 585. The molecule has 0 aliphatic carbocycles. The van der Waals surface area contributed by atoms with Crippen LogP contribution in [0.2, 0.25) is 0 Å². The number of aromatic nitrogens is 1. The van der Waals surface area contributed by atoms with Crippen LogP contribution in [0.3, 0.4) is 0 Å². The van der Waals surface area contributed by atoms with Crippen molar-refractivity contribution in [2.24, 2.45) is 0 Å². The van der Waals surface area contributed by atoms with E-state index >= 15 is 0 Å². The van der Waals surface area contributed by atoms with Gasteiger partial charge < -0.3 is 10.2 Å². The monoisotopic (exact) mass is 269 g/mol. The quantitative estimate of drug-likeness (QED) is 0.921. The standard InChI is InChI=1S/C17H23N3/c1-12-6-13(2)8-16(7-12)20(5)17-9-14(3)19-11-15(17)10-18-4/h6-9,11,18H,10H2,1-5H3. The van der Waals surface area contributed by atoms with Gasteiger partial charge in [-0.1, -0.05) is 6.07 Å². The Morgan fingerprint density at radius 1 is 1.05 bits per heavy atom. The molecule has 0 radical (unpaired) electrons. The van der Waals surface area contributed by atoms with Crippen LogP contribution in [-0.4, -0.2) is 19.1 Å². The maximum Gasteiger partial charge on any atom is 0.0487 e. The molecule has 0 aliphatic rings. The molecule has 0 fully saturated rings. The molecule has 1 N–H and O–H groups in total. The number of nitrogens with one attached hydrogen (secondary N) is 1. The van der Waals surface area contributed by atoms with Crippen LogP contribution in [-0.2, 0) is 6.54 Å². The van der Waals surface area contributed by atoms with Crippen molar-refractivity contribution in [2.75, 3.05) is 19.0 Å². The predicted molar refractivity (Wildman–Crippen MR) is 85.7 cm³/mol. The van der Waals surface area contributed by atoms with Crippen molar-refractivity contribution in [1.82, 2.24) is 10.3 Å². The van der Waals surface area contributed by atoms with Crippen molar-refractivity contribution in [3.63, 3.8) is 0 Å². The first-order valence-electron chi connectivity index (χ1n) is 6.93. The lowest BCUT2D eigenvalue weighted by Crippen LogP contribution is -2.16. The Labute approximate surface area is 121 Å². The molecule has 3 heteroatoms. The SMILES string of the molecule is CNCc1cnc(C)cc1N(C)c1cc(C)cc(C)c1. The molecule has 1 aromatic carbocycles. The molecule has 1 aromatic heterocycles. The minimum atomic E-state index is 0.817. The van der Waals surface area contributed by atoms with E-state index in [-0.39, 0.29) is 0 Å². The van der Waals surface area contributed by atoms with Crippen LogP contribution < -0.4 is 10.2 Å². The average Bonchev–Trinajstić information content (AvgIpc) is 2.39. The van der Waals surface area contributed by atoms with Gasteiger partial charge in [-0.15, -0.1) is 0 Å². The Morgan fingerprint density at radius 2 is 1.70 bits per heavy atom. The number of hydrogen-bond acceptors (Lipinski definition) is 3. The molecular formula is C17H23N3. The van der Waals surface area contributed by atoms with E-state index in [0.717, 1.165) is 12.2 Å². The van der Waals surface area contributed by atoms with Crippen molar-refractivity contribution < 1.29 is 0 Å². The van der Waals surface area contributed by atoms with Crippen molar-refractivity contribution in [2.45, 2.75) is 27.3 Å². The predicted octanol–water partition coefficient (Wildman–Crippen LogP) is 3.49. The van der Waals surface area contributed by atoms with E-state index in [2.05, 4.69) is 60.4 Å². The van der Waals surface area contributed by atoms with Crippen LogP contribution in [0.5, 0.6) is 0 Å². The summed E-state index contributed by atoms with van der Waals surface area (Å²) in [5.74, 6) is 0. The van der Waals surface area contributed by atoms with Gasteiger partial charge in [0.15, 0.2) is 0 Å². The molecule has 0 unspecified atom stereocenters. The van der Waals surface area contributed by atoms with Crippen LogP contribution in [0, 0.1) is 20.8 Å². The van der Waals surface area contributed by atoms with Crippen molar-refractivity contribution >= 4 is 11.4 Å². The van der Waals surface area contributed by atoms with Gasteiger partial charge in [-0.05, 0) is 57.1 Å². The smallest absolute Gasteiger partial charge is 0.0487 e. The topological polar surface area (TPSA) is 28.2 Å². The highest BCUT2D eigenvalue weighted by atomic mass is 15.1. The van der Waals surface area contributed by atoms with E-state index in [1.54, 1.807) is 0 Å². The van der Waals surface area contributed by atoms with E-state index < -0.39 is 0 Å². The minimum Gasteiger partial charge on any atom is -0.344 e. The van der Waals surface area contributed by atoms with Gasteiger partial charge in [0, 0.05) is 42.4 Å². The first-order valence-corrected chi connectivity index (χ1v) is 6.93. The fourth-order valence-electron chi connectivity index (χ4n) is 2.50. The van der Waals surface area contributed by atoms with Crippen molar-refractivity contribution in [3.05, 3.63) is 52.8 Å². The second-order valence-corrected chi connectivity index (χ2v) is 5.39. The van der Waals surface area contributed by atoms with Gasteiger partial charge in [-0.25, -0.2) is 0 Å². The largest absolute Gasteiger partial charge is 0.344 e. The Kier molecular flexibility index (Phi) is 4.40. The Balaban J connectivity index is 2.46. The molecule has 1 heterocycles. The summed E-state index contributed by atoms with van der Waals surface area (Å²) in [5.41, 5.74) is 7.23. The molecule has 0 bridgehead atoms. The van der Waals surface area contributed by atoms with E-state index in [9.17, 15) is 0 Å². The molecule has 0 amide bonds. The molecular weight excluding hydrogens is 246 g/mol. The van der Waals surface area contributed by atoms with E-state index in [4.69, 9.17) is 0 Å². The molecule has 0 saturated heterocycles. The third kappa shape index (κ3) is 3.17. The molecule has 20 heavy (non-hydrogen) atoms. The second-order valence-electron chi connectivity index (χ2n) is 5.39. The highest BCUT2D eigenvalue weighted by Gasteiger charge is 2.10. The Hall–Kier alpha value is -1.87. The van der Waals surface area contributed by atoms with E-state index in [1.807, 2.05) is 20.2 Å². The zero-order valence-electron chi connectivity index (χ0n) is 13.0. The molecule has 0 spiro atoms. The van der Waals surface area contributed by atoms with Gasteiger partial charge in [-0.3, -0.25) is 4.98 Å². The van der Waals surface area contributed by atoms with Crippen LogP contribution in [0.1, 0.15) is 22.4 Å². The van der Waals surface area contributed by atoms with Gasteiger partial charge >= 0.3 is 0 Å². The van der Waals surface area contributed by atoms with Crippen molar-refractivity contribution in [1.29, 1.82) is 0 Å². The molecule has 0 saturated carbocycles. The van der Waals surface area contributed by atoms with Crippen LogP contribution >= 0.6 is 0 Å². The average molecular weight is 269 g/mol. The fourth-order valence-corrected chi connectivity index (χ4v) is 2.50. The lowest BCUT2D eigenvalue weighted by atomic mass is 10.1. The summed E-state index contributed by atoms with van der Waals surface area (Å²) in [6.45, 7) is 7.12. The number of nitrogens with zero attached hydrogens (tertiary/aromatic N) is 2. The lowest BCUT2D eigenvalue weighted by Gasteiger charge is -2.24. The lowest BCUT2D eigenvalue weighted by molar-refractivity contribution is 0.809.